The molecule has 0 bridgehead atoms. The molecule has 0 aliphatic rings. The summed E-state index contributed by atoms with van der Waals surface area (Å²) in [4.78, 5) is 1.13. The van der Waals surface area contributed by atoms with Crippen LogP contribution in [0.25, 0.3) is 0 Å². The summed E-state index contributed by atoms with van der Waals surface area (Å²) < 4.78 is 37.5. The van der Waals surface area contributed by atoms with Gasteiger partial charge in [-0.25, -0.2) is 0 Å². The smallest absolute Gasteiger partial charge is 0.389 e. The summed E-state index contributed by atoms with van der Waals surface area (Å²) in [5, 5.41) is 0. The topological polar surface area (TPSA) is 29.3 Å². The first-order chi connectivity index (χ1) is 7.72. The van der Waals surface area contributed by atoms with E-state index in [0.717, 1.165) is 4.90 Å². The number of alkyl halides is 3. The van der Waals surface area contributed by atoms with Gasteiger partial charge in [-0.15, -0.1) is 0 Å². The third kappa shape index (κ3) is 3.85. The predicted octanol–water partition coefficient (Wildman–Crippen LogP) is 3.08. The summed E-state index contributed by atoms with van der Waals surface area (Å²) in [5.74, 6) is 0. The maximum atomic E-state index is 12.3. The van der Waals surface area contributed by atoms with E-state index in [1.807, 2.05) is 0 Å². The van der Waals surface area contributed by atoms with E-state index < -0.39 is 12.7 Å². The molecule has 1 aromatic rings. The second kappa shape index (κ2) is 5.22. The molecule has 0 unspecified atom stereocenters. The summed E-state index contributed by atoms with van der Waals surface area (Å²) in [6, 6.07) is 4.86. The summed E-state index contributed by atoms with van der Waals surface area (Å²) in [7, 11) is 1.34. The predicted molar refractivity (Wildman–Crippen MR) is 69.4 cm³/mol. The molecule has 2 nitrogen and oxygen atoms in total. The van der Waals surface area contributed by atoms with Gasteiger partial charge in [0.2, 0.25) is 0 Å². The highest BCUT2D eigenvalue weighted by molar-refractivity contribution is 9.10. The van der Waals surface area contributed by atoms with Crippen molar-refractivity contribution in [1.29, 1.82) is 0 Å². The molecular formula is C10H10BrF3N2S. The van der Waals surface area contributed by atoms with Gasteiger partial charge in [-0.2, -0.15) is 13.2 Å². The fourth-order valence-electron chi connectivity index (χ4n) is 1.43. The van der Waals surface area contributed by atoms with Crippen LogP contribution < -0.4 is 10.6 Å². The second-order valence-electron chi connectivity index (χ2n) is 3.47. The Morgan fingerprint density at radius 3 is 2.53 bits per heavy atom. The lowest BCUT2D eigenvalue weighted by Gasteiger charge is -2.23. The van der Waals surface area contributed by atoms with Gasteiger partial charge in [0.15, 0.2) is 0 Å². The molecular weight excluding hydrogens is 317 g/mol. The van der Waals surface area contributed by atoms with Crippen LogP contribution in [0.4, 0.5) is 18.9 Å². The zero-order valence-electron chi connectivity index (χ0n) is 8.88. The summed E-state index contributed by atoms with van der Waals surface area (Å²) >= 11 is 8.06. The number of halogens is 4. The normalized spacial score (nSPS) is 11.4. The average molecular weight is 327 g/mol. The number of nitrogens with zero attached hydrogens (tertiary/aromatic N) is 1. The third-order valence-electron chi connectivity index (χ3n) is 2.07. The van der Waals surface area contributed by atoms with Gasteiger partial charge in [0.05, 0.1) is 0 Å². The van der Waals surface area contributed by atoms with Crippen molar-refractivity contribution in [2.45, 2.75) is 6.18 Å². The Labute approximate surface area is 111 Å². The van der Waals surface area contributed by atoms with E-state index in [0.29, 0.717) is 15.7 Å². The van der Waals surface area contributed by atoms with Crippen LogP contribution in [0.1, 0.15) is 5.56 Å². The van der Waals surface area contributed by atoms with E-state index in [-0.39, 0.29) is 4.99 Å². The van der Waals surface area contributed by atoms with Crippen molar-refractivity contribution >= 4 is 38.8 Å². The van der Waals surface area contributed by atoms with Crippen LogP contribution >= 0.6 is 28.1 Å². The van der Waals surface area contributed by atoms with Crippen LogP contribution in [0, 0.1) is 0 Å². The minimum Gasteiger partial charge on any atom is -0.389 e. The van der Waals surface area contributed by atoms with E-state index in [4.69, 9.17) is 18.0 Å². The van der Waals surface area contributed by atoms with Gasteiger partial charge < -0.3 is 10.6 Å². The second-order valence-corrected chi connectivity index (χ2v) is 4.76. The van der Waals surface area contributed by atoms with E-state index >= 15 is 0 Å². The van der Waals surface area contributed by atoms with Gasteiger partial charge in [0.1, 0.15) is 11.5 Å². The first-order valence-corrected chi connectivity index (χ1v) is 5.78. The zero-order valence-corrected chi connectivity index (χ0v) is 11.3. The molecule has 1 aromatic carbocycles. The molecule has 7 heteroatoms. The Hall–Kier alpha value is -0.820. The van der Waals surface area contributed by atoms with E-state index in [2.05, 4.69) is 15.9 Å². The summed E-state index contributed by atoms with van der Waals surface area (Å²) in [6.45, 7) is -1.06. The van der Waals surface area contributed by atoms with Crippen molar-refractivity contribution < 1.29 is 13.2 Å². The summed E-state index contributed by atoms with van der Waals surface area (Å²) in [5.41, 5.74) is 6.27. The van der Waals surface area contributed by atoms with Gasteiger partial charge in [-0.1, -0.05) is 18.3 Å². The molecule has 0 heterocycles. The van der Waals surface area contributed by atoms with Crippen molar-refractivity contribution in [3.63, 3.8) is 0 Å². The number of rotatable bonds is 3. The molecule has 0 saturated carbocycles. The molecule has 0 aliphatic heterocycles. The quantitative estimate of drug-likeness (QED) is 0.865. The van der Waals surface area contributed by atoms with Crippen LogP contribution in [-0.2, 0) is 0 Å². The Kier molecular flexibility index (Phi) is 4.37. The zero-order chi connectivity index (χ0) is 13.2. The van der Waals surface area contributed by atoms with Crippen LogP contribution in [-0.4, -0.2) is 24.8 Å². The lowest BCUT2D eigenvalue weighted by Crippen LogP contribution is -2.32. The van der Waals surface area contributed by atoms with Crippen molar-refractivity contribution in [3.05, 3.63) is 28.2 Å². The number of benzene rings is 1. The molecule has 0 atom stereocenters. The third-order valence-corrected chi connectivity index (χ3v) is 2.93. The Morgan fingerprint density at radius 1 is 1.47 bits per heavy atom. The van der Waals surface area contributed by atoms with Crippen LogP contribution in [0.3, 0.4) is 0 Å². The molecule has 0 amide bonds. The van der Waals surface area contributed by atoms with E-state index in [1.54, 1.807) is 18.2 Å². The fraction of sp³-hybridized carbons (Fsp3) is 0.300. The van der Waals surface area contributed by atoms with Crippen molar-refractivity contribution in [2.24, 2.45) is 5.73 Å². The van der Waals surface area contributed by atoms with Gasteiger partial charge in [0.25, 0.3) is 0 Å². The first-order valence-electron chi connectivity index (χ1n) is 4.58. The first kappa shape index (κ1) is 14.2. The molecule has 0 fully saturated rings. The molecule has 1 rings (SSSR count). The molecule has 0 spiro atoms. The minimum absolute atomic E-state index is 0.0569. The molecule has 0 aliphatic carbocycles. The lowest BCUT2D eigenvalue weighted by atomic mass is 10.1. The van der Waals surface area contributed by atoms with Gasteiger partial charge in [-0.05, 0) is 28.1 Å². The standard InChI is InChI=1S/C10H10BrF3N2S/c1-16(5-10(12,13)14)7-4-2-3-6(11)8(7)9(15)17/h2-4H,5H2,1H3,(H2,15,17). The summed E-state index contributed by atoms with van der Waals surface area (Å²) in [6.07, 6.45) is -4.27. The van der Waals surface area contributed by atoms with Gasteiger partial charge >= 0.3 is 6.18 Å². The van der Waals surface area contributed by atoms with Crippen LogP contribution in [0.15, 0.2) is 22.7 Å². The van der Waals surface area contributed by atoms with Crippen molar-refractivity contribution in [1.82, 2.24) is 0 Å². The monoisotopic (exact) mass is 326 g/mol. The fourth-order valence-corrected chi connectivity index (χ4v) is 2.34. The average Bonchev–Trinajstić information content (AvgIpc) is 2.13. The van der Waals surface area contributed by atoms with Crippen molar-refractivity contribution in [2.75, 3.05) is 18.5 Å². The highest BCUT2D eigenvalue weighted by atomic mass is 79.9. The molecule has 17 heavy (non-hydrogen) atoms. The number of hydrogen-bond acceptors (Lipinski definition) is 2. The van der Waals surface area contributed by atoms with E-state index in [1.165, 1.54) is 7.05 Å². The Bertz CT molecular complexity index is 434. The largest absolute Gasteiger partial charge is 0.405 e. The maximum absolute atomic E-state index is 12.3. The SMILES string of the molecule is CN(CC(F)(F)F)c1cccc(Br)c1C(N)=S. The number of thiocarbonyl (C=S) groups is 1. The molecule has 94 valence electrons. The van der Waals surface area contributed by atoms with Crippen molar-refractivity contribution in [3.8, 4) is 0 Å². The molecule has 0 aromatic heterocycles. The minimum atomic E-state index is -4.27. The van der Waals surface area contributed by atoms with Crippen LogP contribution in [0.5, 0.6) is 0 Å². The van der Waals surface area contributed by atoms with Gasteiger partial charge in [0, 0.05) is 22.8 Å². The highest BCUT2D eigenvalue weighted by Gasteiger charge is 2.30. The van der Waals surface area contributed by atoms with Crippen LogP contribution in [0.2, 0.25) is 0 Å². The molecule has 0 saturated heterocycles. The van der Waals surface area contributed by atoms with E-state index in [9.17, 15) is 13.2 Å². The number of anilines is 1. The Morgan fingerprint density at radius 2 is 2.06 bits per heavy atom. The molecule has 2 N–H and O–H groups in total. The maximum Gasteiger partial charge on any atom is 0.405 e. The number of hydrogen-bond donors (Lipinski definition) is 1. The molecule has 0 radical (unpaired) electrons. The van der Waals surface area contributed by atoms with Gasteiger partial charge in [-0.3, -0.25) is 0 Å². The highest BCUT2D eigenvalue weighted by Crippen LogP contribution is 2.29. The Balaban J connectivity index is 3.13. The number of nitrogens with two attached hydrogens (primary N) is 1. The lowest BCUT2D eigenvalue weighted by molar-refractivity contribution is -0.119.